The number of nitrogen functional groups attached to an aromatic ring is 1. The van der Waals surface area contributed by atoms with Gasteiger partial charge in [0.25, 0.3) is 0 Å². The Bertz CT molecular complexity index is 272. The Hall–Kier alpha value is -1.18. The van der Waals surface area contributed by atoms with Gasteiger partial charge in [-0.25, -0.2) is 0 Å². The molecule has 0 spiro atoms. The zero-order valence-corrected chi connectivity index (χ0v) is 7.30. The van der Waals surface area contributed by atoms with Crippen LogP contribution in [0.25, 0.3) is 0 Å². The molecule has 12 heavy (non-hydrogen) atoms. The Labute approximate surface area is 72.8 Å². The number of anilines is 2. The van der Waals surface area contributed by atoms with Crippen molar-refractivity contribution in [2.24, 2.45) is 0 Å². The molecule has 0 aliphatic heterocycles. The van der Waals surface area contributed by atoms with E-state index >= 15 is 0 Å². The van der Waals surface area contributed by atoms with Gasteiger partial charge < -0.3 is 11.1 Å². The minimum absolute atomic E-state index is 0.357. The highest BCUT2D eigenvalue weighted by Gasteiger charge is 2.36. The van der Waals surface area contributed by atoms with Gasteiger partial charge in [-0.2, -0.15) is 0 Å². The van der Waals surface area contributed by atoms with Crippen LogP contribution in [0, 0.1) is 0 Å². The maximum atomic E-state index is 5.58. The highest BCUT2D eigenvalue weighted by molar-refractivity contribution is 5.53. The normalized spacial score (nSPS) is 18.8. The van der Waals surface area contributed by atoms with Gasteiger partial charge in [0.15, 0.2) is 0 Å². The van der Waals surface area contributed by atoms with Gasteiger partial charge in [0.05, 0.1) is 0 Å². The third kappa shape index (κ3) is 1.52. The standard InChI is InChI=1S/C10H14N2/c1-10(6-7-10)12-9-4-2-8(11)3-5-9/h2-5,12H,6-7,11H2,1H3. The molecular weight excluding hydrogens is 148 g/mol. The Morgan fingerprint density at radius 1 is 1.25 bits per heavy atom. The molecule has 0 heterocycles. The number of hydrogen-bond acceptors (Lipinski definition) is 2. The van der Waals surface area contributed by atoms with Crippen molar-refractivity contribution >= 4 is 11.4 Å². The molecule has 1 saturated carbocycles. The molecule has 0 unspecified atom stereocenters. The summed E-state index contributed by atoms with van der Waals surface area (Å²) in [6, 6.07) is 7.90. The lowest BCUT2D eigenvalue weighted by atomic mass is 10.2. The molecule has 0 atom stereocenters. The molecule has 1 aromatic rings. The van der Waals surface area contributed by atoms with Crippen molar-refractivity contribution in [2.45, 2.75) is 25.3 Å². The molecule has 0 amide bonds. The van der Waals surface area contributed by atoms with E-state index in [0.29, 0.717) is 5.54 Å². The number of nitrogens with two attached hydrogens (primary N) is 1. The van der Waals surface area contributed by atoms with Crippen LogP contribution in [0.3, 0.4) is 0 Å². The minimum atomic E-state index is 0.357. The smallest absolute Gasteiger partial charge is 0.0347 e. The van der Waals surface area contributed by atoms with Gasteiger partial charge in [-0.15, -0.1) is 0 Å². The van der Waals surface area contributed by atoms with Gasteiger partial charge in [-0.3, -0.25) is 0 Å². The lowest BCUT2D eigenvalue weighted by molar-refractivity contribution is 0.829. The average molecular weight is 162 g/mol. The van der Waals surface area contributed by atoms with Crippen LogP contribution in [0.2, 0.25) is 0 Å². The van der Waals surface area contributed by atoms with Crippen molar-refractivity contribution in [3.63, 3.8) is 0 Å². The van der Waals surface area contributed by atoms with E-state index in [1.54, 1.807) is 0 Å². The summed E-state index contributed by atoms with van der Waals surface area (Å²) in [5.74, 6) is 0. The molecule has 0 saturated heterocycles. The minimum Gasteiger partial charge on any atom is -0.399 e. The Kier molecular flexibility index (Phi) is 1.50. The fourth-order valence-electron chi connectivity index (χ4n) is 1.23. The quantitative estimate of drug-likeness (QED) is 0.654. The molecule has 2 heteroatoms. The van der Waals surface area contributed by atoms with E-state index in [-0.39, 0.29) is 0 Å². The van der Waals surface area contributed by atoms with Crippen LogP contribution in [0.15, 0.2) is 24.3 Å². The second kappa shape index (κ2) is 2.41. The largest absolute Gasteiger partial charge is 0.399 e. The average Bonchev–Trinajstić information content (AvgIpc) is 2.74. The van der Waals surface area contributed by atoms with Crippen molar-refractivity contribution in [1.29, 1.82) is 0 Å². The maximum Gasteiger partial charge on any atom is 0.0347 e. The first-order chi connectivity index (χ1) is 5.68. The summed E-state index contributed by atoms with van der Waals surface area (Å²) < 4.78 is 0. The van der Waals surface area contributed by atoms with E-state index < -0.39 is 0 Å². The number of hydrogen-bond donors (Lipinski definition) is 2. The van der Waals surface area contributed by atoms with Crippen LogP contribution in [0.5, 0.6) is 0 Å². The zero-order valence-electron chi connectivity index (χ0n) is 7.30. The molecular formula is C10H14N2. The summed E-state index contributed by atoms with van der Waals surface area (Å²) >= 11 is 0. The van der Waals surface area contributed by atoms with Crippen molar-refractivity contribution in [2.75, 3.05) is 11.1 Å². The summed E-state index contributed by atoms with van der Waals surface area (Å²) in [5.41, 5.74) is 7.93. The van der Waals surface area contributed by atoms with Gasteiger partial charge in [-0.1, -0.05) is 0 Å². The molecule has 1 aliphatic rings. The Morgan fingerprint density at radius 3 is 2.33 bits per heavy atom. The molecule has 2 rings (SSSR count). The fraction of sp³-hybridized carbons (Fsp3) is 0.400. The molecule has 1 fully saturated rings. The third-order valence-corrected chi connectivity index (χ3v) is 2.36. The Morgan fingerprint density at radius 2 is 1.83 bits per heavy atom. The van der Waals surface area contributed by atoms with Gasteiger partial charge in [0, 0.05) is 16.9 Å². The second-order valence-electron chi connectivity index (χ2n) is 3.81. The van der Waals surface area contributed by atoms with E-state index in [1.807, 2.05) is 24.3 Å². The van der Waals surface area contributed by atoms with Gasteiger partial charge >= 0.3 is 0 Å². The topological polar surface area (TPSA) is 38.0 Å². The molecule has 0 bridgehead atoms. The van der Waals surface area contributed by atoms with Crippen LogP contribution in [-0.4, -0.2) is 5.54 Å². The summed E-state index contributed by atoms with van der Waals surface area (Å²) in [7, 11) is 0. The van der Waals surface area contributed by atoms with Crippen LogP contribution >= 0.6 is 0 Å². The number of benzene rings is 1. The molecule has 0 aromatic heterocycles. The van der Waals surface area contributed by atoms with E-state index in [2.05, 4.69) is 12.2 Å². The summed E-state index contributed by atoms with van der Waals surface area (Å²) in [4.78, 5) is 0. The predicted octanol–water partition coefficient (Wildman–Crippen LogP) is 2.23. The predicted molar refractivity (Wildman–Crippen MR) is 52.1 cm³/mol. The van der Waals surface area contributed by atoms with Crippen LogP contribution in [0.4, 0.5) is 11.4 Å². The van der Waals surface area contributed by atoms with Crippen molar-refractivity contribution < 1.29 is 0 Å². The molecule has 2 nitrogen and oxygen atoms in total. The van der Waals surface area contributed by atoms with Crippen LogP contribution < -0.4 is 11.1 Å². The van der Waals surface area contributed by atoms with Crippen molar-refractivity contribution in [3.8, 4) is 0 Å². The van der Waals surface area contributed by atoms with E-state index in [4.69, 9.17) is 5.73 Å². The molecule has 3 N–H and O–H groups in total. The summed E-state index contributed by atoms with van der Waals surface area (Å²) in [6.45, 7) is 2.24. The first-order valence-electron chi connectivity index (χ1n) is 4.32. The van der Waals surface area contributed by atoms with Crippen molar-refractivity contribution in [1.82, 2.24) is 0 Å². The molecule has 64 valence electrons. The molecule has 0 radical (unpaired) electrons. The van der Waals surface area contributed by atoms with Crippen LogP contribution in [-0.2, 0) is 0 Å². The maximum absolute atomic E-state index is 5.58. The highest BCUT2D eigenvalue weighted by Crippen LogP contribution is 2.38. The first kappa shape index (κ1) is 7.47. The van der Waals surface area contributed by atoms with Gasteiger partial charge in [-0.05, 0) is 44.0 Å². The van der Waals surface area contributed by atoms with Gasteiger partial charge in [0.1, 0.15) is 0 Å². The summed E-state index contributed by atoms with van der Waals surface area (Å²) in [5, 5.41) is 3.46. The van der Waals surface area contributed by atoms with Crippen molar-refractivity contribution in [3.05, 3.63) is 24.3 Å². The van der Waals surface area contributed by atoms with E-state index in [1.165, 1.54) is 18.5 Å². The lowest BCUT2D eigenvalue weighted by Gasteiger charge is -2.12. The zero-order chi connectivity index (χ0) is 8.60. The molecule has 1 aliphatic carbocycles. The monoisotopic (exact) mass is 162 g/mol. The Balaban J connectivity index is 2.08. The number of rotatable bonds is 2. The first-order valence-corrected chi connectivity index (χ1v) is 4.32. The van der Waals surface area contributed by atoms with Crippen LogP contribution in [0.1, 0.15) is 19.8 Å². The summed E-state index contributed by atoms with van der Waals surface area (Å²) in [6.07, 6.45) is 2.55. The SMILES string of the molecule is CC1(Nc2ccc(N)cc2)CC1. The third-order valence-electron chi connectivity index (χ3n) is 2.36. The van der Waals surface area contributed by atoms with Gasteiger partial charge in [0.2, 0.25) is 0 Å². The van der Waals surface area contributed by atoms with E-state index in [0.717, 1.165) is 5.69 Å². The lowest BCUT2D eigenvalue weighted by Crippen LogP contribution is -2.15. The second-order valence-corrected chi connectivity index (χ2v) is 3.81. The molecule has 1 aromatic carbocycles. The highest BCUT2D eigenvalue weighted by atomic mass is 15.0. The fourth-order valence-corrected chi connectivity index (χ4v) is 1.23. The number of nitrogens with one attached hydrogen (secondary N) is 1. The van der Waals surface area contributed by atoms with E-state index in [9.17, 15) is 0 Å².